The molecule has 0 saturated carbocycles. The van der Waals surface area contributed by atoms with Crippen molar-refractivity contribution in [1.29, 1.82) is 0 Å². The number of carbonyl (C=O) groups is 2. The standard InChI is InChI=1S/C18H22N2O5/c21-17(19-13-3-4-14-16(10-13)25-11-24-14)12-5-7-20(8-6-12)18(22)15-2-1-9-23-15/h3-4,10,12,15H,1-2,5-9,11H2,(H,19,21)/t15-/m0/s1. The number of hydrogen-bond acceptors (Lipinski definition) is 5. The van der Waals surface area contributed by atoms with Crippen LogP contribution in [0.2, 0.25) is 0 Å². The van der Waals surface area contributed by atoms with E-state index in [4.69, 9.17) is 14.2 Å². The van der Waals surface area contributed by atoms with Crippen molar-refractivity contribution in [3.8, 4) is 11.5 Å². The number of ether oxygens (including phenoxy) is 3. The van der Waals surface area contributed by atoms with E-state index in [0.29, 0.717) is 49.7 Å². The monoisotopic (exact) mass is 346 g/mol. The van der Waals surface area contributed by atoms with E-state index < -0.39 is 0 Å². The fourth-order valence-electron chi connectivity index (χ4n) is 3.56. The van der Waals surface area contributed by atoms with Gasteiger partial charge in [-0.2, -0.15) is 0 Å². The van der Waals surface area contributed by atoms with Crippen LogP contribution in [0, 0.1) is 5.92 Å². The number of benzene rings is 1. The Labute approximate surface area is 146 Å². The molecule has 134 valence electrons. The zero-order valence-corrected chi connectivity index (χ0v) is 14.0. The third-order valence-corrected chi connectivity index (χ3v) is 5.02. The second kappa shape index (κ2) is 6.92. The van der Waals surface area contributed by atoms with Gasteiger partial charge < -0.3 is 24.4 Å². The predicted octanol–water partition coefficient (Wildman–Crippen LogP) is 1.77. The number of hydrogen-bond donors (Lipinski definition) is 1. The third-order valence-electron chi connectivity index (χ3n) is 5.02. The Kier molecular flexibility index (Phi) is 4.48. The van der Waals surface area contributed by atoms with Gasteiger partial charge in [0.25, 0.3) is 5.91 Å². The number of fused-ring (bicyclic) bond motifs is 1. The molecule has 0 spiro atoms. The molecule has 25 heavy (non-hydrogen) atoms. The molecule has 1 atom stereocenters. The minimum atomic E-state index is -0.279. The number of amides is 2. The van der Waals surface area contributed by atoms with Gasteiger partial charge in [0.15, 0.2) is 11.5 Å². The van der Waals surface area contributed by atoms with E-state index in [0.717, 1.165) is 12.8 Å². The fourth-order valence-corrected chi connectivity index (χ4v) is 3.56. The Morgan fingerprint density at radius 2 is 1.88 bits per heavy atom. The molecule has 0 unspecified atom stereocenters. The SMILES string of the molecule is O=C(Nc1ccc2c(c1)OCO2)C1CCN(C(=O)[C@@H]2CCCO2)CC1. The molecule has 0 radical (unpaired) electrons. The van der Waals surface area contributed by atoms with Crippen LogP contribution in [-0.2, 0) is 14.3 Å². The maximum absolute atomic E-state index is 12.5. The van der Waals surface area contributed by atoms with E-state index in [1.807, 2.05) is 11.0 Å². The lowest BCUT2D eigenvalue weighted by Gasteiger charge is -2.32. The smallest absolute Gasteiger partial charge is 0.251 e. The number of nitrogens with one attached hydrogen (secondary N) is 1. The molecule has 0 bridgehead atoms. The van der Waals surface area contributed by atoms with Gasteiger partial charge in [-0.25, -0.2) is 0 Å². The van der Waals surface area contributed by atoms with Crippen LogP contribution in [0.15, 0.2) is 18.2 Å². The minimum absolute atomic E-state index is 0.0110. The third kappa shape index (κ3) is 3.42. The minimum Gasteiger partial charge on any atom is -0.454 e. The average molecular weight is 346 g/mol. The van der Waals surface area contributed by atoms with Gasteiger partial charge in [-0.3, -0.25) is 9.59 Å². The first kappa shape index (κ1) is 16.2. The van der Waals surface area contributed by atoms with Crippen molar-refractivity contribution in [2.75, 3.05) is 31.8 Å². The van der Waals surface area contributed by atoms with Gasteiger partial charge in [-0.05, 0) is 37.8 Å². The second-order valence-corrected chi connectivity index (χ2v) is 6.66. The van der Waals surface area contributed by atoms with Crippen LogP contribution in [0.25, 0.3) is 0 Å². The Morgan fingerprint density at radius 3 is 2.64 bits per heavy atom. The Bertz CT molecular complexity index is 663. The second-order valence-electron chi connectivity index (χ2n) is 6.66. The fraction of sp³-hybridized carbons (Fsp3) is 0.556. The van der Waals surface area contributed by atoms with E-state index in [-0.39, 0.29) is 30.6 Å². The Hall–Kier alpha value is -2.28. The first-order valence-corrected chi connectivity index (χ1v) is 8.81. The number of carbonyl (C=O) groups excluding carboxylic acids is 2. The number of rotatable bonds is 3. The van der Waals surface area contributed by atoms with Crippen LogP contribution < -0.4 is 14.8 Å². The van der Waals surface area contributed by atoms with Gasteiger partial charge in [-0.15, -0.1) is 0 Å². The van der Waals surface area contributed by atoms with Gasteiger partial charge in [0.2, 0.25) is 12.7 Å². The molecule has 3 aliphatic rings. The van der Waals surface area contributed by atoms with Gasteiger partial charge in [0.1, 0.15) is 6.10 Å². The quantitative estimate of drug-likeness (QED) is 0.903. The highest BCUT2D eigenvalue weighted by Gasteiger charge is 2.32. The summed E-state index contributed by atoms with van der Waals surface area (Å²) in [5.74, 6) is 1.32. The molecule has 2 fully saturated rings. The summed E-state index contributed by atoms with van der Waals surface area (Å²) in [5.41, 5.74) is 0.701. The summed E-state index contributed by atoms with van der Waals surface area (Å²) in [5, 5.41) is 2.94. The normalized spacial score (nSPS) is 22.9. The molecule has 3 heterocycles. The first-order valence-electron chi connectivity index (χ1n) is 8.81. The zero-order chi connectivity index (χ0) is 17.2. The topological polar surface area (TPSA) is 77.1 Å². The lowest BCUT2D eigenvalue weighted by Crippen LogP contribution is -2.45. The highest BCUT2D eigenvalue weighted by atomic mass is 16.7. The number of likely N-dealkylation sites (tertiary alicyclic amines) is 1. The Morgan fingerprint density at radius 1 is 1.08 bits per heavy atom. The molecule has 2 amide bonds. The van der Waals surface area contributed by atoms with E-state index in [2.05, 4.69) is 5.32 Å². The summed E-state index contributed by atoms with van der Waals surface area (Å²) in [7, 11) is 0. The first-order chi connectivity index (χ1) is 12.2. The molecule has 4 rings (SSSR count). The lowest BCUT2D eigenvalue weighted by molar-refractivity contribution is -0.143. The maximum Gasteiger partial charge on any atom is 0.251 e. The summed E-state index contributed by atoms with van der Waals surface area (Å²) >= 11 is 0. The molecule has 0 aromatic heterocycles. The highest BCUT2D eigenvalue weighted by molar-refractivity contribution is 5.93. The van der Waals surface area contributed by atoms with Gasteiger partial charge in [-0.1, -0.05) is 0 Å². The molecule has 1 N–H and O–H groups in total. The van der Waals surface area contributed by atoms with Crippen molar-refractivity contribution in [1.82, 2.24) is 4.90 Å². The van der Waals surface area contributed by atoms with Crippen molar-refractivity contribution in [3.05, 3.63) is 18.2 Å². The van der Waals surface area contributed by atoms with E-state index >= 15 is 0 Å². The molecule has 7 nitrogen and oxygen atoms in total. The molecule has 3 aliphatic heterocycles. The van der Waals surface area contributed by atoms with Crippen LogP contribution in [0.3, 0.4) is 0 Å². The molecular formula is C18H22N2O5. The van der Waals surface area contributed by atoms with E-state index in [1.165, 1.54) is 0 Å². The predicted molar refractivity (Wildman–Crippen MR) is 89.5 cm³/mol. The number of piperidine rings is 1. The summed E-state index contributed by atoms with van der Waals surface area (Å²) in [6.45, 7) is 2.10. The van der Waals surface area contributed by atoms with E-state index in [9.17, 15) is 9.59 Å². The van der Waals surface area contributed by atoms with Crippen LogP contribution in [0.1, 0.15) is 25.7 Å². The van der Waals surface area contributed by atoms with Gasteiger partial charge in [0.05, 0.1) is 0 Å². The average Bonchev–Trinajstić information content (AvgIpc) is 3.32. The van der Waals surface area contributed by atoms with Crippen molar-refractivity contribution in [2.45, 2.75) is 31.8 Å². The summed E-state index contributed by atoms with van der Waals surface area (Å²) in [6.07, 6.45) is 2.83. The Balaban J connectivity index is 1.30. The molecule has 1 aromatic carbocycles. The van der Waals surface area contributed by atoms with Crippen molar-refractivity contribution in [3.63, 3.8) is 0 Å². The van der Waals surface area contributed by atoms with Gasteiger partial charge >= 0.3 is 0 Å². The lowest BCUT2D eigenvalue weighted by atomic mass is 9.95. The summed E-state index contributed by atoms with van der Waals surface area (Å²) in [4.78, 5) is 26.7. The van der Waals surface area contributed by atoms with Crippen LogP contribution >= 0.6 is 0 Å². The van der Waals surface area contributed by atoms with Crippen molar-refractivity contribution in [2.24, 2.45) is 5.92 Å². The summed E-state index contributed by atoms with van der Waals surface area (Å²) < 4.78 is 16.1. The number of anilines is 1. The van der Waals surface area contributed by atoms with Crippen LogP contribution in [0.4, 0.5) is 5.69 Å². The van der Waals surface area contributed by atoms with Crippen LogP contribution in [0.5, 0.6) is 11.5 Å². The van der Waals surface area contributed by atoms with Crippen molar-refractivity contribution < 1.29 is 23.8 Å². The largest absolute Gasteiger partial charge is 0.454 e. The molecule has 7 heteroatoms. The maximum atomic E-state index is 12.5. The molecular weight excluding hydrogens is 324 g/mol. The summed E-state index contributed by atoms with van der Waals surface area (Å²) in [6, 6.07) is 5.37. The number of nitrogens with zero attached hydrogens (tertiary/aromatic N) is 1. The zero-order valence-electron chi connectivity index (χ0n) is 14.0. The van der Waals surface area contributed by atoms with Gasteiger partial charge in [0, 0.05) is 37.4 Å². The molecule has 1 aromatic rings. The van der Waals surface area contributed by atoms with E-state index in [1.54, 1.807) is 12.1 Å². The highest BCUT2D eigenvalue weighted by Crippen LogP contribution is 2.34. The molecule has 0 aliphatic carbocycles. The van der Waals surface area contributed by atoms with Crippen LogP contribution in [-0.4, -0.2) is 49.3 Å². The molecule has 2 saturated heterocycles. The van der Waals surface area contributed by atoms with Crippen molar-refractivity contribution >= 4 is 17.5 Å².